The molecule has 26 heavy (non-hydrogen) atoms. The summed E-state index contributed by atoms with van der Waals surface area (Å²) in [7, 11) is 0. The topological polar surface area (TPSA) is 135 Å². The van der Waals surface area contributed by atoms with E-state index in [1.807, 2.05) is 0 Å². The zero-order chi connectivity index (χ0) is 19.1. The Labute approximate surface area is 142 Å². The Morgan fingerprint density at radius 3 is 2.54 bits per heavy atom. The van der Waals surface area contributed by atoms with E-state index < -0.39 is 35.5 Å². The SMILES string of the molecule is NC(=O)C(c1nccc(C(F)(F)F)n1)c1nc2ccc(C(=O)O)cc2[nH]1. The maximum Gasteiger partial charge on any atom is 0.433 e. The van der Waals surface area contributed by atoms with Gasteiger partial charge in [-0.05, 0) is 24.3 Å². The number of nitrogens with two attached hydrogens (primary N) is 1. The summed E-state index contributed by atoms with van der Waals surface area (Å²) in [6, 6.07) is 4.64. The minimum absolute atomic E-state index is 0.0290. The first kappa shape index (κ1) is 17.3. The molecule has 134 valence electrons. The van der Waals surface area contributed by atoms with Crippen molar-refractivity contribution in [3.63, 3.8) is 0 Å². The molecule has 0 aliphatic heterocycles. The van der Waals surface area contributed by atoms with Crippen LogP contribution in [0.15, 0.2) is 30.5 Å². The van der Waals surface area contributed by atoms with E-state index in [4.69, 9.17) is 10.8 Å². The van der Waals surface area contributed by atoms with Crippen LogP contribution in [-0.2, 0) is 11.0 Å². The fourth-order valence-corrected chi connectivity index (χ4v) is 2.35. The van der Waals surface area contributed by atoms with Gasteiger partial charge in [-0.2, -0.15) is 13.2 Å². The summed E-state index contributed by atoms with van der Waals surface area (Å²) in [6.45, 7) is 0. The van der Waals surface area contributed by atoms with Gasteiger partial charge in [0.15, 0.2) is 5.92 Å². The molecule has 0 spiro atoms. The average molecular weight is 365 g/mol. The number of halogens is 3. The Bertz CT molecular complexity index is 1020. The normalized spacial score (nSPS) is 12.9. The third kappa shape index (κ3) is 3.18. The molecule has 0 saturated heterocycles. The van der Waals surface area contributed by atoms with Gasteiger partial charge in [-0.25, -0.2) is 19.7 Å². The minimum atomic E-state index is -4.72. The number of imidazole rings is 1. The molecule has 3 rings (SSSR count). The van der Waals surface area contributed by atoms with Crippen LogP contribution in [0, 0.1) is 0 Å². The first-order valence-corrected chi connectivity index (χ1v) is 7.09. The van der Waals surface area contributed by atoms with Crippen LogP contribution in [0.2, 0.25) is 0 Å². The molecule has 1 amide bonds. The van der Waals surface area contributed by atoms with Gasteiger partial charge in [-0.15, -0.1) is 0 Å². The van der Waals surface area contributed by atoms with Crippen LogP contribution >= 0.6 is 0 Å². The molecule has 0 aliphatic rings. The number of nitrogens with zero attached hydrogens (tertiary/aromatic N) is 3. The summed E-state index contributed by atoms with van der Waals surface area (Å²) in [5, 5.41) is 9.00. The molecule has 2 heterocycles. The highest BCUT2D eigenvalue weighted by Crippen LogP contribution is 2.29. The van der Waals surface area contributed by atoms with Gasteiger partial charge in [0.05, 0.1) is 16.6 Å². The minimum Gasteiger partial charge on any atom is -0.478 e. The van der Waals surface area contributed by atoms with Crippen molar-refractivity contribution in [2.75, 3.05) is 0 Å². The van der Waals surface area contributed by atoms with Crippen molar-refractivity contribution in [1.29, 1.82) is 0 Å². The summed E-state index contributed by atoms with van der Waals surface area (Å²) >= 11 is 0. The number of fused-ring (bicyclic) bond motifs is 1. The number of H-pyrrole nitrogens is 1. The summed E-state index contributed by atoms with van der Waals surface area (Å²) in [5.41, 5.74) is 4.64. The lowest BCUT2D eigenvalue weighted by atomic mass is 10.1. The molecule has 0 saturated carbocycles. The molecule has 3 aromatic rings. The smallest absolute Gasteiger partial charge is 0.433 e. The average Bonchev–Trinajstić information content (AvgIpc) is 2.96. The van der Waals surface area contributed by atoms with Crippen molar-refractivity contribution in [1.82, 2.24) is 19.9 Å². The number of carboxylic acid groups (broad SMARTS) is 1. The number of nitrogens with one attached hydrogen (secondary N) is 1. The molecule has 1 aromatic carbocycles. The molecule has 1 unspecified atom stereocenters. The highest BCUT2D eigenvalue weighted by atomic mass is 19.4. The maximum atomic E-state index is 12.8. The summed E-state index contributed by atoms with van der Waals surface area (Å²) in [4.78, 5) is 36.7. The number of carbonyl (C=O) groups is 2. The van der Waals surface area contributed by atoms with Gasteiger partial charge in [-0.3, -0.25) is 4.79 Å². The van der Waals surface area contributed by atoms with Gasteiger partial charge in [0.1, 0.15) is 17.3 Å². The van der Waals surface area contributed by atoms with Gasteiger partial charge in [0.25, 0.3) is 0 Å². The number of rotatable bonds is 4. The number of amides is 1. The molecule has 0 bridgehead atoms. The molecule has 8 nitrogen and oxygen atoms in total. The highest BCUT2D eigenvalue weighted by molar-refractivity contribution is 5.92. The van der Waals surface area contributed by atoms with E-state index >= 15 is 0 Å². The van der Waals surface area contributed by atoms with E-state index in [1.165, 1.54) is 18.2 Å². The molecule has 2 aromatic heterocycles. The van der Waals surface area contributed by atoms with E-state index in [0.717, 1.165) is 6.20 Å². The zero-order valence-electron chi connectivity index (χ0n) is 12.8. The van der Waals surface area contributed by atoms with Crippen molar-refractivity contribution in [3.05, 3.63) is 53.4 Å². The van der Waals surface area contributed by atoms with Gasteiger partial charge < -0.3 is 15.8 Å². The van der Waals surface area contributed by atoms with Crippen molar-refractivity contribution < 1.29 is 27.9 Å². The number of carboxylic acids is 1. The van der Waals surface area contributed by atoms with E-state index in [-0.39, 0.29) is 16.9 Å². The van der Waals surface area contributed by atoms with Crippen LogP contribution in [-0.4, -0.2) is 36.9 Å². The van der Waals surface area contributed by atoms with Crippen LogP contribution in [0.25, 0.3) is 11.0 Å². The third-order valence-corrected chi connectivity index (χ3v) is 3.53. The van der Waals surface area contributed by atoms with Crippen LogP contribution < -0.4 is 5.73 Å². The molecule has 0 radical (unpaired) electrons. The second kappa shape index (κ2) is 6.10. The molecular weight excluding hydrogens is 355 g/mol. The lowest BCUT2D eigenvalue weighted by Crippen LogP contribution is -2.26. The number of aromatic carboxylic acids is 1. The number of aromatic nitrogens is 4. The molecule has 11 heteroatoms. The maximum absolute atomic E-state index is 12.8. The van der Waals surface area contributed by atoms with Crippen molar-refractivity contribution in [2.24, 2.45) is 5.73 Å². The Morgan fingerprint density at radius 1 is 1.19 bits per heavy atom. The van der Waals surface area contributed by atoms with E-state index in [1.54, 1.807) is 0 Å². The lowest BCUT2D eigenvalue weighted by Gasteiger charge is -2.11. The number of benzene rings is 1. The van der Waals surface area contributed by atoms with Gasteiger partial charge in [0, 0.05) is 6.20 Å². The second-order valence-electron chi connectivity index (χ2n) is 5.29. The highest BCUT2D eigenvalue weighted by Gasteiger charge is 2.35. The first-order valence-electron chi connectivity index (χ1n) is 7.09. The Hall–Kier alpha value is -3.50. The Morgan fingerprint density at radius 2 is 1.92 bits per heavy atom. The molecule has 4 N–H and O–H groups in total. The number of alkyl halides is 3. The second-order valence-corrected chi connectivity index (χ2v) is 5.29. The van der Waals surface area contributed by atoms with E-state index in [9.17, 15) is 22.8 Å². The van der Waals surface area contributed by atoms with Gasteiger partial charge >= 0.3 is 12.1 Å². The number of aromatic amines is 1. The quantitative estimate of drug-likeness (QED) is 0.644. The monoisotopic (exact) mass is 365 g/mol. The van der Waals surface area contributed by atoms with Crippen LogP contribution in [0.4, 0.5) is 13.2 Å². The van der Waals surface area contributed by atoms with Crippen molar-refractivity contribution in [2.45, 2.75) is 12.1 Å². The summed E-state index contributed by atoms with van der Waals surface area (Å²) in [6.07, 6.45) is -3.85. The molecule has 0 aliphatic carbocycles. The first-order chi connectivity index (χ1) is 12.2. The van der Waals surface area contributed by atoms with Crippen LogP contribution in [0.3, 0.4) is 0 Å². The van der Waals surface area contributed by atoms with Crippen molar-refractivity contribution in [3.8, 4) is 0 Å². The predicted molar refractivity (Wildman–Crippen MR) is 81.1 cm³/mol. The Kier molecular flexibility index (Phi) is 4.06. The van der Waals surface area contributed by atoms with Crippen LogP contribution in [0.5, 0.6) is 0 Å². The third-order valence-electron chi connectivity index (χ3n) is 3.53. The summed E-state index contributed by atoms with van der Waals surface area (Å²) < 4.78 is 38.5. The molecular formula is C15H10F3N5O3. The number of primary amides is 1. The zero-order valence-corrected chi connectivity index (χ0v) is 12.8. The summed E-state index contributed by atoms with van der Waals surface area (Å²) in [5.74, 6) is -4.20. The number of carbonyl (C=O) groups excluding carboxylic acids is 1. The van der Waals surface area contributed by atoms with E-state index in [0.29, 0.717) is 11.6 Å². The largest absolute Gasteiger partial charge is 0.478 e. The fraction of sp³-hybridized carbons (Fsp3) is 0.133. The predicted octanol–water partition coefficient (Wildman–Crippen LogP) is 1.69. The van der Waals surface area contributed by atoms with E-state index in [2.05, 4.69) is 19.9 Å². The standard InChI is InChI=1S/C15H10F3N5O3/c16-15(17,18)9-3-4-20-12(23-9)10(11(19)24)13-21-7-2-1-6(14(25)26)5-8(7)22-13/h1-5,10H,(H2,19,24)(H,21,22)(H,25,26). The molecule has 1 atom stereocenters. The fourth-order valence-electron chi connectivity index (χ4n) is 2.35. The van der Waals surface area contributed by atoms with Gasteiger partial charge in [-0.1, -0.05) is 0 Å². The van der Waals surface area contributed by atoms with Gasteiger partial charge in [0.2, 0.25) is 5.91 Å². The number of hydrogen-bond acceptors (Lipinski definition) is 5. The Balaban J connectivity index is 2.10. The van der Waals surface area contributed by atoms with Crippen molar-refractivity contribution >= 4 is 22.9 Å². The lowest BCUT2D eigenvalue weighted by molar-refractivity contribution is -0.141. The molecule has 0 fully saturated rings. The van der Waals surface area contributed by atoms with Crippen LogP contribution in [0.1, 0.15) is 33.6 Å². The number of hydrogen-bond donors (Lipinski definition) is 3.